The molecule has 0 radical (unpaired) electrons. The van der Waals surface area contributed by atoms with E-state index in [1.807, 2.05) is 37.3 Å². The second-order valence-corrected chi connectivity index (χ2v) is 9.70. The molecule has 0 aliphatic carbocycles. The first-order valence-electron chi connectivity index (χ1n) is 11.6. The Labute approximate surface area is 225 Å². The molecule has 1 heterocycles. The van der Waals surface area contributed by atoms with Crippen LogP contribution in [0, 0.1) is 18.6 Å². The molecule has 4 aromatic rings. The van der Waals surface area contributed by atoms with Crippen LogP contribution in [-0.4, -0.2) is 16.9 Å². The lowest BCUT2D eigenvalue weighted by Crippen LogP contribution is -2.18. The number of rotatable bonds is 7. The lowest BCUT2D eigenvalue weighted by molar-refractivity contribution is -0.134. The summed E-state index contributed by atoms with van der Waals surface area (Å²) in [6, 6.07) is 15.4. The van der Waals surface area contributed by atoms with Crippen molar-refractivity contribution in [2.75, 3.05) is 5.32 Å². The number of aromatic nitrogens is 1. The van der Waals surface area contributed by atoms with Crippen LogP contribution in [0.1, 0.15) is 42.1 Å². The van der Waals surface area contributed by atoms with Crippen molar-refractivity contribution < 1.29 is 23.1 Å². The Morgan fingerprint density at radius 1 is 1.11 bits per heavy atom. The largest absolute Gasteiger partial charge is 0.421 e. The van der Waals surface area contributed by atoms with E-state index in [4.69, 9.17) is 21.3 Å². The summed E-state index contributed by atoms with van der Waals surface area (Å²) in [6.07, 6.45) is 1.21. The van der Waals surface area contributed by atoms with E-state index in [2.05, 4.69) is 21.2 Å². The third kappa shape index (κ3) is 5.65. The smallest absolute Gasteiger partial charge is 0.311 e. The van der Waals surface area contributed by atoms with Gasteiger partial charge in [0.25, 0.3) is 5.91 Å². The molecule has 0 fully saturated rings. The molecule has 190 valence electrons. The zero-order valence-electron chi connectivity index (χ0n) is 20.0. The Bertz CT molecular complexity index is 1510. The summed E-state index contributed by atoms with van der Waals surface area (Å²) in [5.41, 5.74) is 2.43. The van der Waals surface area contributed by atoms with Crippen LogP contribution in [0.5, 0.6) is 5.75 Å². The number of esters is 1. The van der Waals surface area contributed by atoms with E-state index >= 15 is 0 Å². The molecule has 0 atom stereocenters. The van der Waals surface area contributed by atoms with Gasteiger partial charge in [-0.2, -0.15) is 4.39 Å². The van der Waals surface area contributed by atoms with E-state index in [1.165, 1.54) is 0 Å². The fourth-order valence-corrected chi connectivity index (χ4v) is 4.54. The van der Waals surface area contributed by atoms with E-state index in [-0.39, 0.29) is 22.7 Å². The first-order chi connectivity index (χ1) is 17.7. The van der Waals surface area contributed by atoms with E-state index < -0.39 is 29.3 Å². The van der Waals surface area contributed by atoms with Crippen LogP contribution in [0.15, 0.2) is 59.1 Å². The summed E-state index contributed by atoms with van der Waals surface area (Å²) < 4.78 is 34.8. The number of halogens is 4. The molecule has 0 saturated heterocycles. The van der Waals surface area contributed by atoms with Gasteiger partial charge >= 0.3 is 5.97 Å². The van der Waals surface area contributed by atoms with Crippen LogP contribution >= 0.6 is 27.5 Å². The maximum atomic E-state index is 14.8. The van der Waals surface area contributed by atoms with E-state index in [9.17, 15) is 18.4 Å². The van der Waals surface area contributed by atoms with Crippen molar-refractivity contribution in [3.8, 4) is 17.0 Å². The van der Waals surface area contributed by atoms with Gasteiger partial charge in [-0.1, -0.05) is 71.2 Å². The minimum Gasteiger partial charge on any atom is -0.421 e. The highest BCUT2D eigenvalue weighted by Crippen LogP contribution is 2.39. The number of carbonyl (C=O) groups is 2. The molecule has 0 aliphatic heterocycles. The molecule has 0 saturated carbocycles. The van der Waals surface area contributed by atoms with Gasteiger partial charge in [-0.15, -0.1) is 0 Å². The van der Waals surface area contributed by atoms with Gasteiger partial charge in [-0.05, 0) is 43.2 Å². The molecule has 4 rings (SSSR count). The molecule has 0 aliphatic rings. The zero-order valence-corrected chi connectivity index (χ0v) is 22.3. The maximum absolute atomic E-state index is 14.8. The molecule has 9 heteroatoms. The van der Waals surface area contributed by atoms with Crippen LogP contribution in [0.3, 0.4) is 0 Å². The third-order valence-corrected chi connectivity index (χ3v) is 6.57. The number of carbonyl (C=O) groups excluding carboxylic acids is 2. The fraction of sp³-hybridized carbons (Fsp3) is 0.179. The molecule has 0 spiro atoms. The third-order valence-electron chi connectivity index (χ3n) is 5.78. The Hall–Kier alpha value is -3.36. The van der Waals surface area contributed by atoms with Crippen molar-refractivity contribution in [3.05, 3.63) is 86.9 Å². The van der Waals surface area contributed by atoms with Gasteiger partial charge in [0.15, 0.2) is 11.6 Å². The van der Waals surface area contributed by atoms with Gasteiger partial charge in [0, 0.05) is 21.8 Å². The van der Waals surface area contributed by atoms with Crippen LogP contribution in [-0.2, 0) is 4.79 Å². The summed E-state index contributed by atoms with van der Waals surface area (Å²) in [5.74, 6) is -4.91. The van der Waals surface area contributed by atoms with Gasteiger partial charge < -0.3 is 10.1 Å². The summed E-state index contributed by atoms with van der Waals surface area (Å²) in [4.78, 5) is 30.7. The molecule has 37 heavy (non-hydrogen) atoms. The first-order valence-corrected chi connectivity index (χ1v) is 12.7. The highest BCUT2D eigenvalue weighted by molar-refractivity contribution is 9.10. The maximum Gasteiger partial charge on any atom is 0.311 e. The van der Waals surface area contributed by atoms with E-state index in [0.29, 0.717) is 35.0 Å². The Kier molecular flexibility index (Phi) is 8.19. The van der Waals surface area contributed by atoms with Gasteiger partial charge in [0.05, 0.1) is 21.8 Å². The SMILES string of the molecule is CCCCC(=O)Oc1c(F)c(F)cc(Cl)c1NC(=O)c1c(C)c(-c2ccccc2)nc2ccc(Br)cc12. The Balaban J connectivity index is 1.85. The molecule has 1 amide bonds. The summed E-state index contributed by atoms with van der Waals surface area (Å²) in [6.45, 7) is 3.63. The van der Waals surface area contributed by atoms with Gasteiger partial charge in [-0.3, -0.25) is 9.59 Å². The van der Waals surface area contributed by atoms with Crippen LogP contribution in [0.4, 0.5) is 14.5 Å². The van der Waals surface area contributed by atoms with Gasteiger partial charge in [0.1, 0.15) is 5.69 Å². The van der Waals surface area contributed by atoms with E-state index in [0.717, 1.165) is 16.1 Å². The summed E-state index contributed by atoms with van der Waals surface area (Å²) in [7, 11) is 0. The predicted octanol–water partition coefficient (Wildman–Crippen LogP) is 8.25. The number of hydrogen-bond donors (Lipinski definition) is 1. The van der Waals surface area contributed by atoms with Crippen LogP contribution in [0.2, 0.25) is 5.02 Å². The second kappa shape index (κ2) is 11.4. The number of anilines is 1. The quantitative estimate of drug-likeness (QED) is 0.134. The number of pyridine rings is 1. The molecule has 5 nitrogen and oxygen atoms in total. The minimum absolute atomic E-state index is 0.0000215. The summed E-state index contributed by atoms with van der Waals surface area (Å²) in [5, 5.41) is 2.78. The highest BCUT2D eigenvalue weighted by Gasteiger charge is 2.26. The van der Waals surface area contributed by atoms with E-state index in [1.54, 1.807) is 25.1 Å². The Morgan fingerprint density at radius 2 is 1.84 bits per heavy atom. The molecular weight excluding hydrogens is 566 g/mol. The molecule has 0 bridgehead atoms. The minimum atomic E-state index is -1.42. The number of benzene rings is 3. The standard InChI is InChI=1S/C28H22BrClF2N2O3/c1-3-4-10-22(35)37-27-24(32)20(31)14-19(30)26(27)34-28(36)23-15(2)25(16-8-6-5-7-9-16)33-21-12-11-17(29)13-18(21)23/h5-9,11-14H,3-4,10H2,1-2H3,(H,34,36). The highest BCUT2D eigenvalue weighted by atomic mass is 79.9. The predicted molar refractivity (Wildman–Crippen MR) is 144 cm³/mol. The fourth-order valence-electron chi connectivity index (χ4n) is 3.95. The lowest BCUT2D eigenvalue weighted by Gasteiger charge is -2.17. The van der Waals surface area contributed by atoms with Crippen molar-refractivity contribution in [3.63, 3.8) is 0 Å². The number of amides is 1. The number of hydrogen-bond acceptors (Lipinski definition) is 4. The summed E-state index contributed by atoms with van der Waals surface area (Å²) >= 11 is 9.63. The normalized spacial score (nSPS) is 11.0. The monoisotopic (exact) mass is 586 g/mol. The number of fused-ring (bicyclic) bond motifs is 1. The second-order valence-electron chi connectivity index (χ2n) is 8.38. The average Bonchev–Trinajstić information content (AvgIpc) is 2.88. The lowest BCUT2D eigenvalue weighted by atomic mass is 9.97. The number of unbranched alkanes of at least 4 members (excludes halogenated alkanes) is 1. The first kappa shape index (κ1) is 26.7. The van der Waals surface area contributed by atoms with Gasteiger partial charge in [0.2, 0.25) is 5.82 Å². The molecule has 1 aromatic heterocycles. The molecular formula is C28H22BrClF2N2O3. The van der Waals surface area contributed by atoms with Crippen molar-refractivity contribution in [1.82, 2.24) is 4.98 Å². The van der Waals surface area contributed by atoms with Crippen molar-refractivity contribution in [2.45, 2.75) is 33.1 Å². The van der Waals surface area contributed by atoms with Crippen LogP contribution in [0.25, 0.3) is 22.2 Å². The molecule has 1 N–H and O–H groups in total. The van der Waals surface area contributed by atoms with Crippen molar-refractivity contribution in [2.24, 2.45) is 0 Å². The number of nitrogens with one attached hydrogen (secondary N) is 1. The topological polar surface area (TPSA) is 68.3 Å². The number of nitrogens with zero attached hydrogens (tertiary/aromatic N) is 1. The molecule has 0 unspecified atom stereocenters. The average molecular weight is 588 g/mol. The number of ether oxygens (including phenoxy) is 1. The Morgan fingerprint density at radius 3 is 2.54 bits per heavy atom. The van der Waals surface area contributed by atoms with Crippen LogP contribution < -0.4 is 10.1 Å². The zero-order chi connectivity index (χ0) is 26.7. The van der Waals surface area contributed by atoms with Crippen molar-refractivity contribution in [1.29, 1.82) is 0 Å². The molecule has 3 aromatic carbocycles. The van der Waals surface area contributed by atoms with Gasteiger partial charge in [-0.25, -0.2) is 9.37 Å². The van der Waals surface area contributed by atoms with Crippen molar-refractivity contribution >= 4 is 56.0 Å².